The van der Waals surface area contributed by atoms with Crippen LogP contribution < -0.4 is 16.0 Å². The van der Waals surface area contributed by atoms with Crippen LogP contribution in [0.5, 0.6) is 5.75 Å². The lowest BCUT2D eigenvalue weighted by Gasteiger charge is -2.20. The number of rotatable bonds is 4. The molecule has 0 spiro atoms. The molecule has 0 aliphatic heterocycles. The molecular formula is C13H11BrF3N3O. The SMILES string of the molecule is NNC(c1cncc(Br)c1)c1ccccc1OC(F)(F)F. The highest BCUT2D eigenvalue weighted by Crippen LogP contribution is 2.33. The van der Waals surface area contributed by atoms with Gasteiger partial charge in [0.05, 0.1) is 6.04 Å². The van der Waals surface area contributed by atoms with Crippen molar-refractivity contribution in [3.63, 3.8) is 0 Å². The molecule has 0 fully saturated rings. The Morgan fingerprint density at radius 3 is 2.57 bits per heavy atom. The van der Waals surface area contributed by atoms with Crippen molar-refractivity contribution in [1.29, 1.82) is 0 Å². The standard InChI is InChI=1S/C13H11BrF3N3O/c14-9-5-8(6-19-7-9)12(20-18)10-3-1-2-4-11(10)21-13(15,16)17/h1-7,12,20H,18H2. The molecule has 0 aliphatic rings. The van der Waals surface area contributed by atoms with Crippen LogP contribution in [0, 0.1) is 0 Å². The molecule has 112 valence electrons. The minimum Gasteiger partial charge on any atom is -0.405 e. The number of nitrogens with one attached hydrogen (secondary N) is 1. The average molecular weight is 362 g/mol. The number of halogens is 4. The van der Waals surface area contributed by atoms with E-state index in [1.807, 2.05) is 0 Å². The van der Waals surface area contributed by atoms with Gasteiger partial charge in [-0.2, -0.15) is 0 Å². The zero-order valence-electron chi connectivity index (χ0n) is 10.6. The second kappa shape index (κ2) is 6.42. The van der Waals surface area contributed by atoms with Crippen molar-refractivity contribution in [2.24, 2.45) is 5.84 Å². The number of hydrogen-bond acceptors (Lipinski definition) is 4. The van der Waals surface area contributed by atoms with Crippen molar-refractivity contribution in [1.82, 2.24) is 10.4 Å². The van der Waals surface area contributed by atoms with Crippen molar-refractivity contribution in [3.05, 3.63) is 58.3 Å². The van der Waals surface area contributed by atoms with Crippen molar-refractivity contribution < 1.29 is 17.9 Å². The second-order valence-electron chi connectivity index (χ2n) is 4.12. The van der Waals surface area contributed by atoms with Gasteiger partial charge in [0, 0.05) is 22.4 Å². The van der Waals surface area contributed by atoms with Gasteiger partial charge in [-0.1, -0.05) is 18.2 Å². The Labute approximate surface area is 127 Å². The molecule has 0 aliphatic carbocycles. The number of hydrazine groups is 1. The van der Waals surface area contributed by atoms with Gasteiger partial charge < -0.3 is 4.74 Å². The Balaban J connectivity index is 2.43. The molecule has 3 N–H and O–H groups in total. The number of alkyl halides is 3. The summed E-state index contributed by atoms with van der Waals surface area (Å²) in [6, 6.07) is 6.83. The van der Waals surface area contributed by atoms with E-state index in [1.54, 1.807) is 18.3 Å². The fourth-order valence-corrected chi connectivity index (χ4v) is 2.27. The quantitative estimate of drug-likeness (QED) is 0.647. The summed E-state index contributed by atoms with van der Waals surface area (Å²) in [4.78, 5) is 3.98. The number of pyridine rings is 1. The number of aromatic nitrogens is 1. The Morgan fingerprint density at radius 1 is 1.24 bits per heavy atom. The minimum absolute atomic E-state index is 0.261. The normalized spacial score (nSPS) is 13.0. The summed E-state index contributed by atoms with van der Waals surface area (Å²) >= 11 is 3.26. The van der Waals surface area contributed by atoms with Gasteiger partial charge in [0.25, 0.3) is 0 Å². The van der Waals surface area contributed by atoms with E-state index in [4.69, 9.17) is 5.84 Å². The highest BCUT2D eigenvalue weighted by molar-refractivity contribution is 9.10. The van der Waals surface area contributed by atoms with Crippen LogP contribution in [0.4, 0.5) is 13.2 Å². The summed E-state index contributed by atoms with van der Waals surface area (Å²) in [7, 11) is 0. The monoisotopic (exact) mass is 361 g/mol. The molecule has 0 amide bonds. The molecule has 1 unspecified atom stereocenters. The number of nitrogens with zero attached hydrogens (tertiary/aromatic N) is 1. The topological polar surface area (TPSA) is 60.2 Å². The Hall–Kier alpha value is -1.64. The Kier molecular flexibility index (Phi) is 4.81. The molecule has 2 rings (SSSR count). The lowest BCUT2D eigenvalue weighted by molar-refractivity contribution is -0.275. The van der Waals surface area contributed by atoms with Crippen molar-refractivity contribution in [2.45, 2.75) is 12.4 Å². The van der Waals surface area contributed by atoms with Gasteiger partial charge in [-0.15, -0.1) is 13.2 Å². The van der Waals surface area contributed by atoms with Gasteiger partial charge in [0.2, 0.25) is 0 Å². The zero-order chi connectivity index (χ0) is 15.5. The molecule has 8 heteroatoms. The van der Waals surface area contributed by atoms with E-state index in [0.717, 1.165) is 0 Å². The highest BCUT2D eigenvalue weighted by Gasteiger charge is 2.33. The maximum absolute atomic E-state index is 12.5. The molecule has 0 saturated carbocycles. The van der Waals surface area contributed by atoms with E-state index in [2.05, 4.69) is 31.1 Å². The van der Waals surface area contributed by atoms with Crippen molar-refractivity contribution in [2.75, 3.05) is 0 Å². The lowest BCUT2D eigenvalue weighted by atomic mass is 10.00. The van der Waals surface area contributed by atoms with E-state index in [1.165, 1.54) is 24.4 Å². The first-order valence-electron chi connectivity index (χ1n) is 5.82. The fraction of sp³-hybridized carbons (Fsp3) is 0.154. The molecular weight excluding hydrogens is 351 g/mol. The molecule has 1 aromatic heterocycles. The number of nitrogens with two attached hydrogens (primary N) is 1. The summed E-state index contributed by atoms with van der Waals surface area (Å²) in [6.07, 6.45) is -1.69. The highest BCUT2D eigenvalue weighted by atomic mass is 79.9. The summed E-state index contributed by atoms with van der Waals surface area (Å²) < 4.78 is 42.1. The first kappa shape index (κ1) is 15.7. The summed E-state index contributed by atoms with van der Waals surface area (Å²) in [5.41, 5.74) is 3.34. The van der Waals surface area contributed by atoms with Crippen LogP contribution in [0.3, 0.4) is 0 Å². The van der Waals surface area contributed by atoms with Crippen LogP contribution in [-0.4, -0.2) is 11.3 Å². The van der Waals surface area contributed by atoms with Crippen LogP contribution in [0.2, 0.25) is 0 Å². The van der Waals surface area contributed by atoms with Gasteiger partial charge in [-0.3, -0.25) is 10.8 Å². The summed E-state index contributed by atoms with van der Waals surface area (Å²) in [5.74, 6) is 5.18. The van der Waals surface area contributed by atoms with Gasteiger partial charge in [-0.05, 0) is 33.6 Å². The van der Waals surface area contributed by atoms with Crippen LogP contribution in [-0.2, 0) is 0 Å². The van der Waals surface area contributed by atoms with Gasteiger partial charge >= 0.3 is 6.36 Å². The second-order valence-corrected chi connectivity index (χ2v) is 5.04. The average Bonchev–Trinajstić information content (AvgIpc) is 2.40. The Bertz CT molecular complexity index is 622. The number of ether oxygens (including phenoxy) is 1. The predicted molar refractivity (Wildman–Crippen MR) is 74.2 cm³/mol. The number of hydrogen-bond donors (Lipinski definition) is 2. The molecule has 0 bridgehead atoms. The van der Waals surface area contributed by atoms with E-state index < -0.39 is 12.4 Å². The molecule has 2 aromatic rings. The molecule has 0 saturated heterocycles. The van der Waals surface area contributed by atoms with Gasteiger partial charge in [0.1, 0.15) is 5.75 Å². The van der Waals surface area contributed by atoms with Crippen LogP contribution in [0.15, 0.2) is 47.2 Å². The van der Waals surface area contributed by atoms with Crippen molar-refractivity contribution >= 4 is 15.9 Å². The molecule has 1 aromatic carbocycles. The summed E-state index contributed by atoms with van der Waals surface area (Å²) in [6.45, 7) is 0. The van der Waals surface area contributed by atoms with Gasteiger partial charge in [-0.25, -0.2) is 5.43 Å². The molecule has 1 atom stereocenters. The fourth-order valence-electron chi connectivity index (χ4n) is 1.89. The third-order valence-corrected chi connectivity index (χ3v) is 3.12. The third kappa shape index (κ3) is 4.16. The minimum atomic E-state index is -4.77. The molecule has 1 heterocycles. The van der Waals surface area contributed by atoms with Crippen molar-refractivity contribution in [3.8, 4) is 5.75 Å². The molecule has 4 nitrogen and oxygen atoms in total. The third-order valence-electron chi connectivity index (χ3n) is 2.68. The first-order chi connectivity index (χ1) is 9.90. The van der Waals surface area contributed by atoms with E-state index >= 15 is 0 Å². The lowest BCUT2D eigenvalue weighted by Crippen LogP contribution is -2.30. The predicted octanol–water partition coefficient (Wildman–Crippen LogP) is 3.30. The first-order valence-corrected chi connectivity index (χ1v) is 6.61. The van der Waals surface area contributed by atoms with Crippen LogP contribution in [0.1, 0.15) is 17.2 Å². The smallest absolute Gasteiger partial charge is 0.405 e. The maximum Gasteiger partial charge on any atom is 0.573 e. The number of benzene rings is 1. The zero-order valence-corrected chi connectivity index (χ0v) is 12.1. The summed E-state index contributed by atoms with van der Waals surface area (Å²) in [5, 5.41) is 0. The van der Waals surface area contributed by atoms with E-state index in [-0.39, 0.29) is 11.3 Å². The van der Waals surface area contributed by atoms with E-state index in [9.17, 15) is 13.2 Å². The Morgan fingerprint density at radius 2 is 1.95 bits per heavy atom. The van der Waals surface area contributed by atoms with E-state index in [0.29, 0.717) is 10.0 Å². The van der Waals surface area contributed by atoms with Crippen LogP contribution in [0.25, 0.3) is 0 Å². The molecule has 0 radical (unpaired) electrons. The number of para-hydroxylation sites is 1. The largest absolute Gasteiger partial charge is 0.573 e. The molecule has 21 heavy (non-hydrogen) atoms. The van der Waals surface area contributed by atoms with Crippen LogP contribution >= 0.6 is 15.9 Å². The van der Waals surface area contributed by atoms with Gasteiger partial charge in [0.15, 0.2) is 0 Å². The maximum atomic E-state index is 12.5.